The van der Waals surface area contributed by atoms with Crippen LogP contribution in [-0.4, -0.2) is 57.3 Å². The molecule has 3 aromatic rings. The van der Waals surface area contributed by atoms with Crippen LogP contribution in [0.4, 0.5) is 5.69 Å². The zero-order valence-corrected chi connectivity index (χ0v) is 17.1. The standard InChI is InChI=1S/C23H25N5O3/c29-20-15-28(19-9-5-2-6-10-19)26-22(20)23(31)25-18-11-13-27(14-12-18)16-21(30)24-17-7-3-1-4-8-17/h1-10,15,18,29H,11-14,16H2,(H,24,30)(H,25,31). The average Bonchev–Trinajstić information content (AvgIpc) is 3.18. The lowest BCUT2D eigenvalue weighted by Gasteiger charge is -2.31. The molecule has 0 bridgehead atoms. The molecule has 0 saturated carbocycles. The molecular weight excluding hydrogens is 394 g/mol. The van der Waals surface area contributed by atoms with E-state index in [0.717, 1.165) is 24.2 Å². The highest BCUT2D eigenvalue weighted by Gasteiger charge is 2.25. The number of carbonyl (C=O) groups excluding carboxylic acids is 2. The molecule has 0 radical (unpaired) electrons. The summed E-state index contributed by atoms with van der Waals surface area (Å²) in [5.74, 6) is -0.603. The second-order valence-electron chi connectivity index (χ2n) is 7.58. The molecule has 0 unspecified atom stereocenters. The largest absolute Gasteiger partial charge is 0.504 e. The number of hydrogen-bond donors (Lipinski definition) is 3. The Labute approximate surface area is 180 Å². The molecule has 8 heteroatoms. The maximum Gasteiger partial charge on any atom is 0.275 e. The van der Waals surface area contributed by atoms with Gasteiger partial charge in [0.15, 0.2) is 11.4 Å². The smallest absolute Gasteiger partial charge is 0.275 e. The van der Waals surface area contributed by atoms with Gasteiger partial charge in [0.05, 0.1) is 18.4 Å². The summed E-state index contributed by atoms with van der Waals surface area (Å²) in [4.78, 5) is 26.9. The van der Waals surface area contributed by atoms with E-state index in [0.29, 0.717) is 19.6 Å². The lowest BCUT2D eigenvalue weighted by atomic mass is 10.0. The van der Waals surface area contributed by atoms with Crippen LogP contribution in [0.5, 0.6) is 5.75 Å². The Bertz CT molecular complexity index is 1030. The van der Waals surface area contributed by atoms with Gasteiger partial charge in [0.2, 0.25) is 5.91 Å². The fourth-order valence-corrected chi connectivity index (χ4v) is 3.65. The SMILES string of the molecule is O=C(CN1CCC(NC(=O)c2nn(-c3ccccc3)cc2O)CC1)Nc1ccccc1. The summed E-state index contributed by atoms with van der Waals surface area (Å²) < 4.78 is 1.48. The van der Waals surface area contributed by atoms with Crippen molar-refractivity contribution in [3.63, 3.8) is 0 Å². The van der Waals surface area contributed by atoms with Crippen LogP contribution in [0, 0.1) is 0 Å². The summed E-state index contributed by atoms with van der Waals surface area (Å²) in [7, 11) is 0. The normalized spacial score (nSPS) is 14.8. The van der Waals surface area contributed by atoms with Gasteiger partial charge in [-0.1, -0.05) is 36.4 Å². The van der Waals surface area contributed by atoms with E-state index in [-0.39, 0.29) is 23.4 Å². The number of anilines is 1. The monoisotopic (exact) mass is 419 g/mol. The topological polar surface area (TPSA) is 99.5 Å². The first-order chi connectivity index (χ1) is 15.1. The van der Waals surface area contributed by atoms with Crippen molar-refractivity contribution < 1.29 is 14.7 Å². The van der Waals surface area contributed by atoms with Gasteiger partial charge in [0.25, 0.3) is 5.91 Å². The summed E-state index contributed by atoms with van der Waals surface area (Å²) >= 11 is 0. The second-order valence-corrected chi connectivity index (χ2v) is 7.58. The van der Waals surface area contributed by atoms with Gasteiger partial charge in [0.1, 0.15) is 0 Å². The number of rotatable bonds is 6. The Morgan fingerprint density at radius 3 is 2.32 bits per heavy atom. The van der Waals surface area contributed by atoms with Gasteiger partial charge in [-0.15, -0.1) is 0 Å². The zero-order chi connectivity index (χ0) is 21.6. The van der Waals surface area contributed by atoms with Crippen LogP contribution in [0.1, 0.15) is 23.3 Å². The van der Waals surface area contributed by atoms with Crippen LogP contribution in [0.25, 0.3) is 5.69 Å². The molecule has 160 valence electrons. The van der Waals surface area contributed by atoms with Crippen molar-refractivity contribution >= 4 is 17.5 Å². The summed E-state index contributed by atoms with van der Waals surface area (Å²) in [6.45, 7) is 1.73. The van der Waals surface area contributed by atoms with E-state index < -0.39 is 5.91 Å². The number of amides is 2. The molecule has 1 fully saturated rings. The molecule has 1 aliphatic rings. The number of benzene rings is 2. The molecule has 0 atom stereocenters. The van der Waals surface area contributed by atoms with Crippen LogP contribution in [0.3, 0.4) is 0 Å². The highest BCUT2D eigenvalue weighted by molar-refractivity contribution is 5.95. The average molecular weight is 419 g/mol. The first-order valence-electron chi connectivity index (χ1n) is 10.3. The highest BCUT2D eigenvalue weighted by atomic mass is 16.3. The Balaban J connectivity index is 1.27. The van der Waals surface area contributed by atoms with Gasteiger partial charge in [-0.2, -0.15) is 5.10 Å². The van der Waals surface area contributed by atoms with Crippen molar-refractivity contribution in [1.82, 2.24) is 20.0 Å². The number of aromatic nitrogens is 2. The number of nitrogens with zero attached hydrogens (tertiary/aromatic N) is 3. The number of nitrogens with one attached hydrogen (secondary N) is 2. The number of aromatic hydroxyl groups is 1. The zero-order valence-electron chi connectivity index (χ0n) is 17.1. The van der Waals surface area contributed by atoms with Crippen molar-refractivity contribution in [3.8, 4) is 11.4 Å². The van der Waals surface area contributed by atoms with Crippen molar-refractivity contribution in [3.05, 3.63) is 72.6 Å². The third kappa shape index (κ3) is 5.29. The predicted octanol–water partition coefficient (Wildman–Crippen LogP) is 2.41. The minimum atomic E-state index is -0.396. The Morgan fingerprint density at radius 2 is 1.65 bits per heavy atom. The molecule has 0 aliphatic carbocycles. The summed E-state index contributed by atoms with van der Waals surface area (Å²) in [5, 5.41) is 20.2. The van der Waals surface area contributed by atoms with E-state index in [9.17, 15) is 14.7 Å². The van der Waals surface area contributed by atoms with Crippen molar-refractivity contribution in [2.45, 2.75) is 18.9 Å². The minimum absolute atomic E-state index is 0.00789. The number of para-hydroxylation sites is 2. The van der Waals surface area contributed by atoms with E-state index in [1.807, 2.05) is 60.7 Å². The second kappa shape index (κ2) is 9.44. The summed E-state index contributed by atoms with van der Waals surface area (Å²) in [6, 6.07) is 18.6. The van der Waals surface area contributed by atoms with Crippen LogP contribution in [0.2, 0.25) is 0 Å². The summed E-state index contributed by atoms with van der Waals surface area (Å²) in [5.41, 5.74) is 1.55. The van der Waals surface area contributed by atoms with E-state index in [1.54, 1.807) is 0 Å². The maximum absolute atomic E-state index is 12.6. The molecule has 4 rings (SSSR count). The predicted molar refractivity (Wildman–Crippen MR) is 117 cm³/mol. The molecule has 2 heterocycles. The molecule has 3 N–H and O–H groups in total. The first-order valence-corrected chi connectivity index (χ1v) is 10.3. The highest BCUT2D eigenvalue weighted by Crippen LogP contribution is 2.19. The Hall–Kier alpha value is -3.65. The van der Waals surface area contributed by atoms with Gasteiger partial charge < -0.3 is 15.7 Å². The van der Waals surface area contributed by atoms with Crippen LogP contribution >= 0.6 is 0 Å². The van der Waals surface area contributed by atoms with Crippen LogP contribution in [0.15, 0.2) is 66.9 Å². The molecule has 1 saturated heterocycles. The van der Waals surface area contributed by atoms with Crippen molar-refractivity contribution in [2.24, 2.45) is 0 Å². The Kier molecular flexibility index (Phi) is 6.28. The van der Waals surface area contributed by atoms with Gasteiger partial charge in [-0.25, -0.2) is 4.68 Å². The van der Waals surface area contributed by atoms with Gasteiger partial charge in [-0.05, 0) is 37.1 Å². The number of carbonyl (C=O) groups is 2. The van der Waals surface area contributed by atoms with Crippen LogP contribution < -0.4 is 10.6 Å². The van der Waals surface area contributed by atoms with E-state index in [4.69, 9.17) is 0 Å². The number of likely N-dealkylation sites (tertiary alicyclic amines) is 1. The van der Waals surface area contributed by atoms with E-state index in [1.165, 1.54) is 10.9 Å². The Morgan fingerprint density at radius 1 is 1.00 bits per heavy atom. The molecule has 2 amide bonds. The molecule has 2 aromatic carbocycles. The molecular formula is C23H25N5O3. The molecule has 8 nitrogen and oxygen atoms in total. The van der Waals surface area contributed by atoms with Crippen LogP contribution in [-0.2, 0) is 4.79 Å². The molecule has 0 spiro atoms. The quantitative estimate of drug-likeness (QED) is 0.570. The number of piperidine rings is 1. The first kappa shape index (κ1) is 20.6. The minimum Gasteiger partial charge on any atom is -0.504 e. The molecule has 31 heavy (non-hydrogen) atoms. The summed E-state index contributed by atoms with van der Waals surface area (Å²) in [6.07, 6.45) is 2.88. The van der Waals surface area contributed by atoms with E-state index >= 15 is 0 Å². The van der Waals surface area contributed by atoms with Crippen molar-refractivity contribution in [1.29, 1.82) is 0 Å². The lowest BCUT2D eigenvalue weighted by molar-refractivity contribution is -0.117. The third-order valence-corrected chi connectivity index (χ3v) is 5.28. The van der Waals surface area contributed by atoms with E-state index in [2.05, 4.69) is 20.6 Å². The number of hydrogen-bond acceptors (Lipinski definition) is 5. The maximum atomic E-state index is 12.6. The fraction of sp³-hybridized carbons (Fsp3) is 0.261. The molecule has 1 aliphatic heterocycles. The lowest BCUT2D eigenvalue weighted by Crippen LogP contribution is -2.46. The van der Waals surface area contributed by atoms with Crippen molar-refractivity contribution in [2.75, 3.05) is 25.0 Å². The molecule has 1 aromatic heterocycles. The van der Waals surface area contributed by atoms with Gasteiger partial charge in [0, 0.05) is 24.8 Å². The third-order valence-electron chi connectivity index (χ3n) is 5.28. The van der Waals surface area contributed by atoms with Gasteiger partial charge >= 0.3 is 0 Å². The fourth-order valence-electron chi connectivity index (χ4n) is 3.65. The van der Waals surface area contributed by atoms with Gasteiger partial charge in [-0.3, -0.25) is 14.5 Å².